The Kier molecular flexibility index (Phi) is 4.77. The summed E-state index contributed by atoms with van der Waals surface area (Å²) in [6, 6.07) is 10.2. The maximum absolute atomic E-state index is 2.28. The van der Waals surface area contributed by atoms with E-state index in [1.165, 1.54) is 3.57 Å². The largest absolute Gasteiger partial charge is 0.0622 e. The van der Waals surface area contributed by atoms with Crippen molar-refractivity contribution < 1.29 is 19.5 Å². The van der Waals surface area contributed by atoms with E-state index in [4.69, 9.17) is 0 Å². The van der Waals surface area contributed by atoms with Crippen LogP contribution in [-0.4, -0.2) is 0 Å². The van der Waals surface area contributed by atoms with Gasteiger partial charge in [-0.25, -0.2) is 0 Å². The van der Waals surface area contributed by atoms with Crippen LogP contribution in [0.4, 0.5) is 0 Å². The molecule has 0 aromatic heterocycles. The van der Waals surface area contributed by atoms with Crippen molar-refractivity contribution in [3.05, 3.63) is 33.9 Å². The van der Waals surface area contributed by atoms with E-state index in [1.807, 2.05) is 18.2 Å². The minimum atomic E-state index is 0. The summed E-state index contributed by atoms with van der Waals surface area (Å²) in [5, 5.41) is 0. The van der Waals surface area contributed by atoms with Crippen molar-refractivity contribution in [3.63, 3.8) is 0 Å². The molecule has 8 heavy (non-hydrogen) atoms. The summed E-state index contributed by atoms with van der Waals surface area (Å²) in [6.07, 6.45) is 0. The normalized spacial score (nSPS) is 7.62. The molecule has 38 valence electrons. The molecule has 0 spiro atoms. The summed E-state index contributed by atoms with van der Waals surface area (Å²) >= 11 is 2.28. The van der Waals surface area contributed by atoms with E-state index in [2.05, 4.69) is 34.7 Å². The maximum Gasteiger partial charge on any atom is 0.0130 e. The van der Waals surface area contributed by atoms with Gasteiger partial charge in [0.15, 0.2) is 0 Å². The van der Waals surface area contributed by atoms with Crippen LogP contribution in [0.1, 0.15) is 0 Å². The monoisotopic (exact) mass is 268 g/mol. The van der Waals surface area contributed by atoms with Crippen LogP contribution in [0.3, 0.4) is 0 Å². The Balaban J connectivity index is 0.000000490. The zero-order valence-corrected chi connectivity index (χ0v) is 9.60. The van der Waals surface area contributed by atoms with E-state index >= 15 is 0 Å². The van der Waals surface area contributed by atoms with Crippen molar-refractivity contribution >= 4 is 22.6 Å². The van der Waals surface area contributed by atoms with Gasteiger partial charge in [0.25, 0.3) is 0 Å². The van der Waals surface area contributed by atoms with Crippen molar-refractivity contribution in [3.8, 4) is 0 Å². The predicted molar refractivity (Wildman–Crippen MR) is 39.2 cm³/mol. The zero-order valence-electron chi connectivity index (χ0n) is 4.47. The Morgan fingerprint density at radius 2 is 1.50 bits per heavy atom. The summed E-state index contributed by atoms with van der Waals surface area (Å²) < 4.78 is 1.29. The first-order valence-corrected chi connectivity index (χ1v) is 3.18. The van der Waals surface area contributed by atoms with E-state index < -0.39 is 0 Å². The van der Waals surface area contributed by atoms with Crippen LogP contribution in [0.15, 0.2) is 30.3 Å². The molecule has 0 bridgehead atoms. The molecule has 1 rings (SSSR count). The average Bonchev–Trinajstić information content (AvgIpc) is 1.69. The second kappa shape index (κ2) is 4.45. The van der Waals surface area contributed by atoms with Gasteiger partial charge < -0.3 is 0 Å². The van der Waals surface area contributed by atoms with Crippen molar-refractivity contribution in [1.29, 1.82) is 0 Å². The third kappa shape index (κ3) is 2.78. The van der Waals surface area contributed by atoms with Crippen molar-refractivity contribution in [2.75, 3.05) is 0 Å². The fourth-order valence-corrected chi connectivity index (χ4v) is 0.830. The van der Waals surface area contributed by atoms with Crippen LogP contribution >= 0.6 is 22.6 Å². The summed E-state index contributed by atoms with van der Waals surface area (Å²) in [5.41, 5.74) is 0. The quantitative estimate of drug-likeness (QED) is 0.501. The number of rotatable bonds is 0. The van der Waals surface area contributed by atoms with Crippen molar-refractivity contribution in [1.82, 2.24) is 0 Å². The Hall–Kier alpha value is 0.573. The third-order valence-corrected chi connectivity index (χ3v) is 1.45. The number of halogens is 1. The Bertz CT molecular complexity index is 138. The molecular formula is C6H5IZn. The first-order chi connectivity index (χ1) is 3.39. The SMILES string of the molecule is Ic1ccccc1.[Zn]. The second-order valence-corrected chi connectivity index (χ2v) is 2.54. The molecule has 0 saturated carbocycles. The molecule has 0 nitrogen and oxygen atoms in total. The van der Waals surface area contributed by atoms with E-state index in [0.29, 0.717) is 0 Å². The summed E-state index contributed by atoms with van der Waals surface area (Å²) in [7, 11) is 0. The van der Waals surface area contributed by atoms with Crippen LogP contribution in [0, 0.1) is 3.57 Å². The number of hydrogen-bond acceptors (Lipinski definition) is 0. The van der Waals surface area contributed by atoms with E-state index in [0.717, 1.165) is 0 Å². The molecule has 0 aliphatic heterocycles. The zero-order chi connectivity index (χ0) is 5.11. The Labute approximate surface area is 75.6 Å². The minimum absolute atomic E-state index is 0. The van der Waals surface area contributed by atoms with Crippen LogP contribution in [0.5, 0.6) is 0 Å². The molecule has 0 N–H and O–H groups in total. The third-order valence-electron chi connectivity index (χ3n) is 0.733. The van der Waals surface area contributed by atoms with Gasteiger partial charge in [-0.1, -0.05) is 18.2 Å². The summed E-state index contributed by atoms with van der Waals surface area (Å²) in [4.78, 5) is 0. The first kappa shape index (κ1) is 8.57. The topological polar surface area (TPSA) is 0 Å². The minimum Gasteiger partial charge on any atom is -0.0622 e. The standard InChI is InChI=1S/C6H5I.Zn/c7-6-4-2-1-3-5-6;/h1-5H;. The van der Waals surface area contributed by atoms with Crippen molar-refractivity contribution in [2.24, 2.45) is 0 Å². The molecule has 0 aliphatic carbocycles. The Morgan fingerprint density at radius 3 is 1.75 bits per heavy atom. The molecule has 2 heteroatoms. The molecule has 1 aromatic carbocycles. The second-order valence-electron chi connectivity index (χ2n) is 1.30. The number of benzene rings is 1. The molecule has 0 saturated heterocycles. The average molecular weight is 269 g/mol. The number of hydrogen-bond donors (Lipinski definition) is 0. The summed E-state index contributed by atoms with van der Waals surface area (Å²) in [5.74, 6) is 0. The van der Waals surface area contributed by atoms with E-state index in [1.54, 1.807) is 0 Å². The van der Waals surface area contributed by atoms with Gasteiger partial charge in [0.05, 0.1) is 0 Å². The smallest absolute Gasteiger partial charge is 0.0130 e. The maximum atomic E-state index is 2.28. The molecule has 0 amide bonds. The molecule has 0 aliphatic rings. The van der Waals surface area contributed by atoms with Crippen LogP contribution in [0.25, 0.3) is 0 Å². The molecular weight excluding hydrogens is 264 g/mol. The molecule has 0 atom stereocenters. The van der Waals surface area contributed by atoms with Crippen molar-refractivity contribution in [2.45, 2.75) is 0 Å². The first-order valence-electron chi connectivity index (χ1n) is 2.10. The molecule has 0 fully saturated rings. The molecule has 1 aromatic rings. The van der Waals surface area contributed by atoms with Gasteiger partial charge >= 0.3 is 0 Å². The van der Waals surface area contributed by atoms with E-state index in [-0.39, 0.29) is 19.5 Å². The van der Waals surface area contributed by atoms with Crippen LogP contribution in [0.2, 0.25) is 0 Å². The van der Waals surface area contributed by atoms with Gasteiger partial charge in [0.2, 0.25) is 0 Å². The van der Waals surface area contributed by atoms with Gasteiger partial charge in [-0.05, 0) is 34.7 Å². The fourth-order valence-electron chi connectivity index (χ4n) is 0.415. The van der Waals surface area contributed by atoms with Crippen LogP contribution in [-0.2, 0) is 19.5 Å². The van der Waals surface area contributed by atoms with Gasteiger partial charge in [-0.3, -0.25) is 0 Å². The van der Waals surface area contributed by atoms with Gasteiger partial charge in [0.1, 0.15) is 0 Å². The molecule has 0 heterocycles. The molecule has 0 radical (unpaired) electrons. The summed E-state index contributed by atoms with van der Waals surface area (Å²) in [6.45, 7) is 0. The van der Waals surface area contributed by atoms with Gasteiger partial charge in [0, 0.05) is 23.0 Å². The predicted octanol–water partition coefficient (Wildman–Crippen LogP) is 2.29. The van der Waals surface area contributed by atoms with Crippen LogP contribution < -0.4 is 0 Å². The Morgan fingerprint density at radius 1 is 1.00 bits per heavy atom. The van der Waals surface area contributed by atoms with Gasteiger partial charge in [-0.2, -0.15) is 0 Å². The van der Waals surface area contributed by atoms with E-state index in [9.17, 15) is 0 Å². The van der Waals surface area contributed by atoms with Gasteiger partial charge in [-0.15, -0.1) is 0 Å². The molecule has 0 unspecified atom stereocenters. The fraction of sp³-hybridized carbons (Fsp3) is 0.